The number of aromatic nitrogens is 1. The number of benzene rings is 1. The molecule has 144 valence electrons. The molecule has 8 nitrogen and oxygen atoms in total. The van der Waals surface area contributed by atoms with Gasteiger partial charge in [-0.3, -0.25) is 20.0 Å². The Morgan fingerprint density at radius 2 is 2.11 bits per heavy atom. The van der Waals surface area contributed by atoms with Crippen LogP contribution in [0.15, 0.2) is 42.7 Å². The molecular weight excluding hydrogens is 360 g/mol. The van der Waals surface area contributed by atoms with Crippen LogP contribution in [0, 0.1) is 11.3 Å². The Labute approximate surface area is 162 Å². The van der Waals surface area contributed by atoms with Crippen molar-refractivity contribution in [1.82, 2.24) is 15.4 Å². The topological polar surface area (TPSA) is 116 Å². The van der Waals surface area contributed by atoms with Gasteiger partial charge in [0, 0.05) is 24.9 Å². The lowest BCUT2D eigenvalue weighted by Crippen LogP contribution is -2.58. The van der Waals surface area contributed by atoms with Crippen molar-refractivity contribution in [2.45, 2.75) is 38.5 Å². The van der Waals surface area contributed by atoms with Crippen LogP contribution in [0.5, 0.6) is 5.75 Å². The summed E-state index contributed by atoms with van der Waals surface area (Å²) < 4.78 is 5.88. The van der Waals surface area contributed by atoms with Gasteiger partial charge in [0.15, 0.2) is 0 Å². The Bertz CT molecular complexity index is 952. The number of fused-ring (bicyclic) bond motifs is 1. The molecule has 0 bridgehead atoms. The molecule has 0 saturated heterocycles. The van der Waals surface area contributed by atoms with Gasteiger partial charge in [0.1, 0.15) is 23.5 Å². The van der Waals surface area contributed by atoms with E-state index in [0.717, 1.165) is 5.01 Å². The second kappa shape index (κ2) is 7.29. The van der Waals surface area contributed by atoms with Crippen molar-refractivity contribution in [3.05, 3.63) is 59.4 Å². The number of nitrogens with zero attached hydrogens (tertiary/aromatic N) is 3. The summed E-state index contributed by atoms with van der Waals surface area (Å²) in [5, 5.41) is 21.3. The van der Waals surface area contributed by atoms with Gasteiger partial charge in [-0.2, -0.15) is 5.26 Å². The van der Waals surface area contributed by atoms with Crippen LogP contribution < -0.4 is 10.2 Å². The molecule has 1 aliphatic heterocycles. The molecule has 1 aliphatic rings. The first-order valence-electron chi connectivity index (χ1n) is 8.66. The molecule has 0 saturated carbocycles. The first-order valence-corrected chi connectivity index (χ1v) is 8.66. The Hall–Kier alpha value is -3.44. The van der Waals surface area contributed by atoms with Crippen molar-refractivity contribution in [2.24, 2.45) is 0 Å². The molecule has 2 N–H and O–H groups in total. The van der Waals surface area contributed by atoms with Crippen LogP contribution in [0.4, 0.5) is 0 Å². The molecular formula is C20H20N4O4. The molecule has 0 spiro atoms. The highest BCUT2D eigenvalue weighted by Gasteiger charge is 2.47. The number of nitrogens with one attached hydrogen (secondary N) is 1. The molecule has 0 unspecified atom stereocenters. The van der Waals surface area contributed by atoms with E-state index in [9.17, 15) is 20.0 Å². The van der Waals surface area contributed by atoms with Crippen LogP contribution in [0.1, 0.15) is 48.3 Å². The average Bonchev–Trinajstić information content (AvgIpc) is 2.67. The van der Waals surface area contributed by atoms with Crippen molar-refractivity contribution in [1.29, 1.82) is 5.26 Å². The summed E-state index contributed by atoms with van der Waals surface area (Å²) in [6.07, 6.45) is 1.72. The lowest BCUT2D eigenvalue weighted by Gasteiger charge is -2.45. The average molecular weight is 380 g/mol. The highest BCUT2D eigenvalue weighted by molar-refractivity contribution is 5.95. The van der Waals surface area contributed by atoms with E-state index in [1.807, 2.05) is 6.07 Å². The van der Waals surface area contributed by atoms with Crippen molar-refractivity contribution >= 4 is 11.8 Å². The van der Waals surface area contributed by atoms with Crippen molar-refractivity contribution in [2.75, 3.05) is 0 Å². The number of hydrogen-bond acceptors (Lipinski definition) is 6. The Kier molecular flexibility index (Phi) is 5.03. The van der Waals surface area contributed by atoms with E-state index < -0.39 is 29.6 Å². The van der Waals surface area contributed by atoms with Gasteiger partial charge in [-0.25, -0.2) is 5.01 Å². The molecule has 2 atom stereocenters. The van der Waals surface area contributed by atoms with Crippen LogP contribution in [0.3, 0.4) is 0 Å². The third kappa shape index (κ3) is 3.52. The van der Waals surface area contributed by atoms with Crippen molar-refractivity contribution in [3.63, 3.8) is 0 Å². The van der Waals surface area contributed by atoms with Crippen LogP contribution in [-0.4, -0.2) is 38.6 Å². The summed E-state index contributed by atoms with van der Waals surface area (Å²) in [7, 11) is 0. The first-order chi connectivity index (χ1) is 13.2. The maximum absolute atomic E-state index is 13.2. The molecule has 1 aromatic heterocycles. The van der Waals surface area contributed by atoms with Gasteiger partial charge in [-0.05, 0) is 44.2 Å². The van der Waals surface area contributed by atoms with E-state index in [4.69, 9.17) is 4.74 Å². The second-order valence-corrected chi connectivity index (χ2v) is 7.04. The fourth-order valence-electron chi connectivity index (χ4n) is 3.16. The van der Waals surface area contributed by atoms with Crippen molar-refractivity contribution < 1.29 is 19.4 Å². The van der Waals surface area contributed by atoms with Gasteiger partial charge in [0.2, 0.25) is 5.91 Å². The normalized spacial score (nSPS) is 19.5. The summed E-state index contributed by atoms with van der Waals surface area (Å²) in [6.45, 7) is 4.64. The van der Waals surface area contributed by atoms with Gasteiger partial charge in [0.05, 0.1) is 17.2 Å². The molecule has 0 radical (unpaired) electrons. The van der Waals surface area contributed by atoms with Crippen LogP contribution in [-0.2, 0) is 4.79 Å². The van der Waals surface area contributed by atoms with Gasteiger partial charge in [-0.1, -0.05) is 0 Å². The maximum atomic E-state index is 13.2. The van der Waals surface area contributed by atoms with E-state index in [1.54, 1.807) is 44.2 Å². The number of rotatable bonds is 2. The molecule has 1 aromatic carbocycles. The highest BCUT2D eigenvalue weighted by atomic mass is 16.5. The number of hydrazine groups is 1. The van der Waals surface area contributed by atoms with Gasteiger partial charge in [-0.15, -0.1) is 0 Å². The highest BCUT2D eigenvalue weighted by Crippen LogP contribution is 2.43. The van der Waals surface area contributed by atoms with E-state index in [-0.39, 0.29) is 5.56 Å². The number of carbonyl (C=O) groups excluding carboxylic acids is 2. The number of carbonyl (C=O) groups is 2. The second-order valence-electron chi connectivity index (χ2n) is 7.04. The van der Waals surface area contributed by atoms with Gasteiger partial charge in [0.25, 0.3) is 5.91 Å². The number of amides is 2. The van der Waals surface area contributed by atoms with Crippen LogP contribution in [0.25, 0.3) is 0 Å². The Morgan fingerprint density at radius 1 is 1.36 bits per heavy atom. The Morgan fingerprint density at radius 3 is 2.71 bits per heavy atom. The van der Waals surface area contributed by atoms with Gasteiger partial charge >= 0.3 is 0 Å². The molecule has 2 heterocycles. The molecule has 3 rings (SSSR count). The summed E-state index contributed by atoms with van der Waals surface area (Å²) in [4.78, 5) is 28.9. The van der Waals surface area contributed by atoms with Crippen LogP contribution >= 0.6 is 0 Å². The van der Waals surface area contributed by atoms with Gasteiger partial charge < -0.3 is 9.84 Å². The van der Waals surface area contributed by atoms with E-state index in [1.165, 1.54) is 19.3 Å². The number of aliphatic hydroxyl groups excluding tert-OH is 1. The molecule has 28 heavy (non-hydrogen) atoms. The molecule has 2 aromatic rings. The quantitative estimate of drug-likeness (QED) is 0.767. The molecule has 8 heteroatoms. The molecule has 2 amide bonds. The summed E-state index contributed by atoms with van der Waals surface area (Å²) in [5.41, 5.74) is 2.48. The predicted molar refractivity (Wildman–Crippen MR) is 98.8 cm³/mol. The standard InChI is InChI=1S/C20H20N4O4/c1-12(25)23-24(19(27)14-5-4-8-22-11-14)17-15-9-13(10-21)6-7-16(15)28-20(2,3)18(17)26/h4-9,11,17-18,26H,1-3H3,(H,23,25)/t17-,18+/m0/s1. The lowest BCUT2D eigenvalue weighted by molar-refractivity contribution is -0.129. The summed E-state index contributed by atoms with van der Waals surface area (Å²) in [6, 6.07) is 8.99. The third-order valence-electron chi connectivity index (χ3n) is 4.53. The van der Waals surface area contributed by atoms with E-state index in [2.05, 4.69) is 10.4 Å². The maximum Gasteiger partial charge on any atom is 0.274 e. The van der Waals surface area contributed by atoms with Crippen LogP contribution in [0.2, 0.25) is 0 Å². The number of pyridine rings is 1. The first kappa shape index (κ1) is 19.3. The third-order valence-corrected chi connectivity index (χ3v) is 4.53. The summed E-state index contributed by atoms with van der Waals surface area (Å²) in [5.74, 6) is -0.598. The predicted octanol–water partition coefficient (Wildman–Crippen LogP) is 1.72. The largest absolute Gasteiger partial charge is 0.485 e. The lowest BCUT2D eigenvalue weighted by atomic mass is 9.85. The number of aliphatic hydroxyl groups is 1. The van der Waals surface area contributed by atoms with Crippen molar-refractivity contribution in [3.8, 4) is 11.8 Å². The monoisotopic (exact) mass is 380 g/mol. The van der Waals surface area contributed by atoms with E-state index >= 15 is 0 Å². The number of nitriles is 1. The Balaban J connectivity index is 2.16. The minimum atomic E-state index is -1.18. The molecule has 0 fully saturated rings. The fraction of sp³-hybridized carbons (Fsp3) is 0.300. The number of hydrogen-bond donors (Lipinski definition) is 2. The van der Waals surface area contributed by atoms with E-state index in [0.29, 0.717) is 16.9 Å². The molecule has 0 aliphatic carbocycles. The minimum absolute atomic E-state index is 0.241. The fourth-order valence-corrected chi connectivity index (χ4v) is 3.16. The zero-order chi connectivity index (χ0) is 20.5. The smallest absolute Gasteiger partial charge is 0.274 e. The minimum Gasteiger partial charge on any atom is -0.485 e. The SMILES string of the molecule is CC(=O)NN(C(=O)c1cccnc1)[C@H]1c2cc(C#N)ccc2OC(C)(C)[C@@H]1O. The zero-order valence-electron chi connectivity index (χ0n) is 15.7. The zero-order valence-corrected chi connectivity index (χ0v) is 15.7. The summed E-state index contributed by atoms with van der Waals surface area (Å²) >= 11 is 0. The number of ether oxygens (including phenoxy) is 1.